The highest BCUT2D eigenvalue weighted by atomic mass is 19.1. The predicted octanol–water partition coefficient (Wildman–Crippen LogP) is 1.96. The molecule has 0 aliphatic heterocycles. The third kappa shape index (κ3) is 1.97. The topological polar surface area (TPSA) is 43.8 Å². The van der Waals surface area contributed by atoms with E-state index in [1.807, 2.05) is 19.2 Å². The van der Waals surface area contributed by atoms with E-state index in [0.29, 0.717) is 18.7 Å². The number of hydrogen-bond donors (Lipinski definition) is 1. The highest BCUT2D eigenvalue weighted by Gasteiger charge is 2.10. The number of halogens is 1. The molecular formula is C12H14FN3. The Kier molecular flexibility index (Phi) is 3.01. The van der Waals surface area contributed by atoms with Gasteiger partial charge < -0.3 is 5.73 Å². The third-order valence-corrected chi connectivity index (χ3v) is 2.47. The summed E-state index contributed by atoms with van der Waals surface area (Å²) in [5.41, 5.74) is 7.68. The maximum absolute atomic E-state index is 13.6. The molecule has 0 bridgehead atoms. The first-order chi connectivity index (χ1) is 7.72. The molecule has 4 heteroatoms. The molecule has 2 rings (SSSR count). The van der Waals surface area contributed by atoms with E-state index in [1.165, 1.54) is 6.07 Å². The Labute approximate surface area is 93.7 Å². The van der Waals surface area contributed by atoms with Crippen LogP contribution in [0.3, 0.4) is 0 Å². The summed E-state index contributed by atoms with van der Waals surface area (Å²) in [4.78, 5) is 0. The van der Waals surface area contributed by atoms with Crippen LogP contribution in [0.1, 0.15) is 5.69 Å². The Balaban J connectivity index is 2.44. The van der Waals surface area contributed by atoms with Crippen molar-refractivity contribution in [3.05, 3.63) is 42.0 Å². The Morgan fingerprint density at radius 3 is 2.75 bits per heavy atom. The van der Waals surface area contributed by atoms with Crippen LogP contribution in [0.15, 0.2) is 30.5 Å². The Morgan fingerprint density at radius 2 is 2.06 bits per heavy atom. The van der Waals surface area contributed by atoms with Crippen LogP contribution in [0.2, 0.25) is 0 Å². The first kappa shape index (κ1) is 10.8. The van der Waals surface area contributed by atoms with Crippen molar-refractivity contribution < 1.29 is 4.39 Å². The summed E-state index contributed by atoms with van der Waals surface area (Å²) < 4.78 is 15.3. The molecule has 0 atom stereocenters. The minimum absolute atomic E-state index is 0.224. The van der Waals surface area contributed by atoms with Crippen molar-refractivity contribution in [2.24, 2.45) is 5.73 Å². The van der Waals surface area contributed by atoms with Gasteiger partial charge in [0.1, 0.15) is 5.82 Å². The molecule has 16 heavy (non-hydrogen) atoms. The number of nitrogens with zero attached hydrogens (tertiary/aromatic N) is 2. The molecule has 0 amide bonds. The van der Waals surface area contributed by atoms with Crippen LogP contribution in [-0.2, 0) is 6.54 Å². The highest BCUT2D eigenvalue weighted by molar-refractivity contribution is 5.65. The Morgan fingerprint density at radius 1 is 1.31 bits per heavy atom. The fraction of sp³-hybridized carbons (Fsp3) is 0.250. The molecule has 1 heterocycles. The SMILES string of the molecule is Cc1nn(CCN)cc1-c1ccccc1F. The molecule has 0 unspecified atom stereocenters. The lowest BCUT2D eigenvalue weighted by Crippen LogP contribution is -2.10. The van der Waals surface area contributed by atoms with Crippen molar-refractivity contribution in [1.82, 2.24) is 9.78 Å². The van der Waals surface area contributed by atoms with E-state index in [0.717, 1.165) is 11.3 Å². The first-order valence-corrected chi connectivity index (χ1v) is 5.21. The van der Waals surface area contributed by atoms with Gasteiger partial charge in [0.15, 0.2) is 0 Å². The zero-order valence-corrected chi connectivity index (χ0v) is 9.15. The minimum atomic E-state index is -0.224. The van der Waals surface area contributed by atoms with Gasteiger partial charge in [-0.25, -0.2) is 4.39 Å². The summed E-state index contributed by atoms with van der Waals surface area (Å²) in [6.45, 7) is 3.04. The lowest BCUT2D eigenvalue weighted by atomic mass is 10.1. The molecule has 0 spiro atoms. The smallest absolute Gasteiger partial charge is 0.131 e. The fourth-order valence-corrected chi connectivity index (χ4v) is 1.71. The molecule has 0 saturated heterocycles. The Hall–Kier alpha value is -1.68. The molecular weight excluding hydrogens is 205 g/mol. The maximum Gasteiger partial charge on any atom is 0.131 e. The van der Waals surface area contributed by atoms with E-state index in [-0.39, 0.29) is 5.82 Å². The van der Waals surface area contributed by atoms with Crippen LogP contribution in [0.4, 0.5) is 4.39 Å². The summed E-state index contributed by atoms with van der Waals surface area (Å²) in [5.74, 6) is -0.224. The van der Waals surface area contributed by atoms with Crippen molar-refractivity contribution >= 4 is 0 Å². The average molecular weight is 219 g/mol. The summed E-state index contributed by atoms with van der Waals surface area (Å²) in [6, 6.07) is 6.71. The van der Waals surface area contributed by atoms with Gasteiger partial charge in [-0.3, -0.25) is 4.68 Å². The quantitative estimate of drug-likeness (QED) is 0.857. The van der Waals surface area contributed by atoms with E-state index >= 15 is 0 Å². The van der Waals surface area contributed by atoms with Gasteiger partial charge in [0.2, 0.25) is 0 Å². The number of hydrogen-bond acceptors (Lipinski definition) is 2. The highest BCUT2D eigenvalue weighted by Crippen LogP contribution is 2.24. The maximum atomic E-state index is 13.6. The number of nitrogens with two attached hydrogens (primary N) is 1. The van der Waals surface area contributed by atoms with E-state index < -0.39 is 0 Å². The van der Waals surface area contributed by atoms with E-state index in [4.69, 9.17) is 5.73 Å². The van der Waals surface area contributed by atoms with Crippen molar-refractivity contribution in [1.29, 1.82) is 0 Å². The monoisotopic (exact) mass is 219 g/mol. The van der Waals surface area contributed by atoms with Crippen LogP contribution in [0.25, 0.3) is 11.1 Å². The van der Waals surface area contributed by atoms with Gasteiger partial charge in [-0.05, 0) is 13.0 Å². The molecule has 2 aromatic rings. The van der Waals surface area contributed by atoms with E-state index in [9.17, 15) is 4.39 Å². The van der Waals surface area contributed by atoms with Crippen LogP contribution >= 0.6 is 0 Å². The molecule has 0 aliphatic rings. The van der Waals surface area contributed by atoms with Crippen molar-refractivity contribution in [2.45, 2.75) is 13.5 Å². The second-order valence-electron chi connectivity index (χ2n) is 3.66. The first-order valence-electron chi connectivity index (χ1n) is 5.21. The lowest BCUT2D eigenvalue weighted by molar-refractivity contribution is 0.620. The summed E-state index contributed by atoms with van der Waals surface area (Å²) in [7, 11) is 0. The normalized spacial score (nSPS) is 10.7. The van der Waals surface area contributed by atoms with Crippen LogP contribution in [-0.4, -0.2) is 16.3 Å². The van der Waals surface area contributed by atoms with Crippen molar-refractivity contribution in [3.8, 4) is 11.1 Å². The average Bonchev–Trinajstić information content (AvgIpc) is 2.61. The number of aryl methyl sites for hydroxylation is 1. The van der Waals surface area contributed by atoms with Crippen LogP contribution < -0.4 is 5.73 Å². The number of rotatable bonds is 3. The molecule has 0 radical (unpaired) electrons. The minimum Gasteiger partial charge on any atom is -0.329 e. The summed E-state index contributed by atoms with van der Waals surface area (Å²) >= 11 is 0. The Bertz CT molecular complexity index is 491. The summed E-state index contributed by atoms with van der Waals surface area (Å²) in [6.07, 6.45) is 1.83. The largest absolute Gasteiger partial charge is 0.329 e. The molecule has 1 aromatic carbocycles. The van der Waals surface area contributed by atoms with Gasteiger partial charge in [0, 0.05) is 23.9 Å². The molecule has 0 saturated carbocycles. The second kappa shape index (κ2) is 4.45. The second-order valence-corrected chi connectivity index (χ2v) is 3.66. The standard InChI is InChI=1S/C12H14FN3/c1-9-11(8-16(15-9)7-6-14)10-4-2-3-5-12(10)13/h2-5,8H,6-7,14H2,1H3. The zero-order chi connectivity index (χ0) is 11.5. The predicted molar refractivity (Wildman–Crippen MR) is 61.4 cm³/mol. The molecule has 0 fully saturated rings. The van der Waals surface area contributed by atoms with Gasteiger partial charge in [0.05, 0.1) is 12.2 Å². The van der Waals surface area contributed by atoms with Gasteiger partial charge in [-0.15, -0.1) is 0 Å². The van der Waals surface area contributed by atoms with Gasteiger partial charge >= 0.3 is 0 Å². The van der Waals surface area contributed by atoms with Crippen LogP contribution in [0, 0.1) is 12.7 Å². The zero-order valence-electron chi connectivity index (χ0n) is 9.15. The van der Waals surface area contributed by atoms with Crippen molar-refractivity contribution in [2.75, 3.05) is 6.54 Å². The van der Waals surface area contributed by atoms with Gasteiger partial charge in [-0.1, -0.05) is 18.2 Å². The van der Waals surface area contributed by atoms with E-state index in [2.05, 4.69) is 5.10 Å². The van der Waals surface area contributed by atoms with Gasteiger partial charge in [-0.2, -0.15) is 5.10 Å². The third-order valence-electron chi connectivity index (χ3n) is 2.47. The van der Waals surface area contributed by atoms with Crippen LogP contribution in [0.5, 0.6) is 0 Å². The molecule has 0 aliphatic carbocycles. The molecule has 1 aromatic heterocycles. The number of aromatic nitrogens is 2. The lowest BCUT2D eigenvalue weighted by Gasteiger charge is -1.99. The summed E-state index contributed by atoms with van der Waals surface area (Å²) in [5, 5.41) is 4.29. The van der Waals surface area contributed by atoms with Gasteiger partial charge in [0.25, 0.3) is 0 Å². The molecule has 2 N–H and O–H groups in total. The molecule has 84 valence electrons. The van der Waals surface area contributed by atoms with Crippen molar-refractivity contribution in [3.63, 3.8) is 0 Å². The van der Waals surface area contributed by atoms with E-state index in [1.54, 1.807) is 16.8 Å². The fourth-order valence-electron chi connectivity index (χ4n) is 1.71. The molecule has 3 nitrogen and oxygen atoms in total. The number of benzene rings is 1.